The van der Waals surface area contributed by atoms with Gasteiger partial charge in [-0.15, -0.1) is 0 Å². The van der Waals surface area contributed by atoms with Crippen LogP contribution in [0.4, 0.5) is 0 Å². The Morgan fingerprint density at radius 2 is 0.0345 bits per heavy atom. The van der Waals surface area contributed by atoms with E-state index in [9.17, 15) is 0 Å². The molecule has 0 unspecified atom stereocenters. The minimum atomic E-state index is 0. The predicted octanol–water partition coefficient (Wildman–Crippen LogP) is -24.1. The van der Waals surface area contributed by atoms with Gasteiger partial charge in [0.2, 0.25) is 0 Å². The van der Waals surface area contributed by atoms with E-state index in [1.807, 2.05) is 0 Å². The number of hydrogen-bond donors (Lipinski definition) is 0. The maximum atomic E-state index is 0. The van der Waals surface area contributed by atoms with Crippen LogP contribution in [-0.4, -0.2) is 0 Å². The van der Waals surface area contributed by atoms with Crippen LogP contribution in [0.25, 0.3) is 0 Å². The third kappa shape index (κ3) is 596. The largest absolute Gasteiger partial charge is 2.00 e. The Balaban J connectivity index is 0. The van der Waals surface area contributed by atoms with Crippen molar-refractivity contribution in [3.05, 3.63) is 0 Å². The molecule has 464 valence electrons. The smallest absolute Gasteiger partial charge is 1.00 e. The maximum absolute atomic E-state index is 0. The van der Waals surface area contributed by atoms with Crippen molar-refractivity contribution < 1.29 is 1120 Å². The van der Waals surface area contributed by atoms with Gasteiger partial charge in [0, 0.05) is 0 Å². The van der Waals surface area contributed by atoms with Gasteiger partial charge in [0.15, 0.2) is 0 Å². The molecule has 0 saturated heterocycles. The second kappa shape index (κ2) is 615. The van der Waals surface area contributed by atoms with Gasteiger partial charge in [0.05, 0.1) is 0 Å². The molecule has 0 aromatic heterocycles. The topological polar surface area (TPSA) is 0 Å². The molecule has 0 atom stereocenters. The van der Waals surface area contributed by atoms with Crippen molar-refractivity contribution in [2.45, 2.75) is 0 Å². The monoisotopic (exact) mass is 5570 g/mol. The van der Waals surface area contributed by atoms with Crippen LogP contribution in [0.5, 0.6) is 0 Å². The zero-order chi connectivity index (χ0) is 0. The molecule has 0 nitrogen and oxygen atoms in total. The van der Waals surface area contributed by atoms with E-state index in [4.69, 9.17) is 0 Å². The second-order valence-corrected chi connectivity index (χ2v) is 0. The van der Waals surface area contributed by atoms with Crippen LogP contribution >= 0.6 is 0 Å². The van der Waals surface area contributed by atoms with E-state index in [1.165, 1.54) is 0 Å². The molecule has 0 N–H and O–H groups in total. The predicted molar refractivity (Wildman–Crippen MR) is 0 cm³/mol. The minimum Gasteiger partial charge on any atom is -1.00 e. The molecule has 58 heteroatoms. The van der Waals surface area contributed by atoms with Crippen molar-refractivity contribution in [1.82, 2.24) is 0 Å². The average molecular weight is 5600 g/mol. The Labute approximate surface area is 1090 Å². The summed E-state index contributed by atoms with van der Waals surface area (Å²) in [6.45, 7) is 0. The number of hydrogen-bond acceptors (Lipinski definition) is 0. The van der Waals surface area contributed by atoms with E-state index < -0.39 is 0 Å². The summed E-state index contributed by atoms with van der Waals surface area (Å²) < 4.78 is 0. The average Bonchev–Trinajstić information content (AvgIpc) is 0. The number of halogens is 8. The van der Waals surface area contributed by atoms with E-state index in [2.05, 4.69) is 0 Å². The SMILES string of the molecule is [Cl-].[Cl-].[Cl-].[Cl-].[Cl-].[Cl-].[Cl-].[Cl-].[Pd+2].[Pd+2].[Pd+2].[Pd+2].[Pd+2].[Pd+2].[Pd+2].[Pd+2].[Pd+2].[Pd+2].[Pd+2].[Pd+2].[Pd+2].[Pd+2].[Pd+2].[Pd+2].[Pd+2].[Pd+2].[Pd+2].[Pd+2].[Pd+2].[Pd+2].[Pd+2].[Pd+2].[Pd+2].[Pd+2].[Pd+2].[Pd+2].[Pd+2].[Pd+2].[Pd+2].[Pd+2].[Pd+2].[Pd+2].[Pd+2].[Pd+2].[Pd+2].[Pd+2].[Pd+2].[Pd+2].[Pd+2].[Pd+2].[Pd+2].[Pd+2].[Pd+2].[Pd+2].[Pd+2].[Pd+2].[Pd+2].[Pd+2]. The van der Waals surface area contributed by atoms with E-state index in [0.717, 1.165) is 0 Å². The molecule has 58 heavy (non-hydrogen) atoms. The third-order valence-electron chi connectivity index (χ3n) is 0. The fraction of sp³-hybridized carbons (Fsp3) is 0. The summed E-state index contributed by atoms with van der Waals surface area (Å²) >= 11 is 0. The molecule has 0 aliphatic rings. The number of rotatable bonds is 0. The molecule has 0 spiro atoms. The van der Waals surface area contributed by atoms with Crippen LogP contribution in [0.2, 0.25) is 0 Å². The summed E-state index contributed by atoms with van der Waals surface area (Å²) in [5, 5.41) is 0. The quantitative estimate of drug-likeness (QED) is 0.212. The van der Waals surface area contributed by atoms with Crippen molar-refractivity contribution >= 4 is 0 Å². The molecule has 0 rings (SSSR count). The first-order valence-corrected chi connectivity index (χ1v) is 0. The summed E-state index contributed by atoms with van der Waals surface area (Å²) in [6, 6.07) is 0. The molecule has 0 aromatic rings. The van der Waals surface area contributed by atoms with Crippen molar-refractivity contribution in [3.63, 3.8) is 0 Å². The van der Waals surface area contributed by atoms with Gasteiger partial charge < -0.3 is 99.3 Å². The van der Waals surface area contributed by atoms with Gasteiger partial charge in [0.1, 0.15) is 0 Å². The Morgan fingerprint density at radius 1 is 0.0345 bits per heavy atom. The van der Waals surface area contributed by atoms with Crippen LogP contribution in [0, 0.1) is 0 Å². The molecule has 0 heterocycles. The molecule has 0 radical (unpaired) electrons. The summed E-state index contributed by atoms with van der Waals surface area (Å²) in [4.78, 5) is 0. The van der Waals surface area contributed by atoms with E-state index in [0.29, 0.717) is 0 Å². The Hall–Kier alpha value is 35.4. The second-order valence-electron chi connectivity index (χ2n) is 0. The van der Waals surface area contributed by atoms with Gasteiger partial charge in [-0.05, 0) is 0 Å². The van der Waals surface area contributed by atoms with Gasteiger partial charge in [-0.1, -0.05) is 0 Å². The van der Waals surface area contributed by atoms with Gasteiger partial charge in [-0.2, -0.15) is 0 Å². The van der Waals surface area contributed by atoms with Crippen LogP contribution in [0.15, 0.2) is 0 Å². The van der Waals surface area contributed by atoms with Crippen LogP contribution in [0.3, 0.4) is 0 Å². The molecular formula is Cl8Pd50+92. The van der Waals surface area contributed by atoms with Crippen LogP contribution in [0.1, 0.15) is 0 Å². The molecule has 0 aliphatic carbocycles. The van der Waals surface area contributed by atoms with Crippen LogP contribution < -0.4 is 99.3 Å². The van der Waals surface area contributed by atoms with Gasteiger partial charge in [0.25, 0.3) is 0 Å². The van der Waals surface area contributed by atoms with Gasteiger partial charge in [-0.3, -0.25) is 0 Å². The Bertz CT molecular complexity index is 33.6. The first kappa shape index (κ1) is 636. The molecule has 0 bridgehead atoms. The van der Waals surface area contributed by atoms with Crippen molar-refractivity contribution in [1.29, 1.82) is 0 Å². The first-order chi connectivity index (χ1) is 0. The van der Waals surface area contributed by atoms with Crippen molar-refractivity contribution in [2.24, 2.45) is 0 Å². The molecule has 0 aromatic carbocycles. The fourth-order valence-electron chi connectivity index (χ4n) is 0. The standard InChI is InChI=1S/8ClH.50Pd/h8*1H;;;;;;;;;;;;;;;;;;;;;;;;;;;;;;;;;;;;;;;;;;;;;;;;;;/q;;;;;;;;50*+2/p-8. The molecule has 0 fully saturated rings. The molecule has 0 saturated carbocycles. The summed E-state index contributed by atoms with van der Waals surface area (Å²) in [5.74, 6) is 0. The maximum Gasteiger partial charge on any atom is 2.00 e. The molecule has 0 aliphatic heterocycles. The fourth-order valence-corrected chi connectivity index (χ4v) is 0. The summed E-state index contributed by atoms with van der Waals surface area (Å²) in [6.07, 6.45) is 0. The zero-order valence-electron chi connectivity index (χ0n) is 18.8. The third-order valence-corrected chi connectivity index (χ3v) is 0. The molecular weight excluding hydrogens is 5600 g/mol. The zero-order valence-corrected chi connectivity index (χ0v) is 103. The molecule has 0 amide bonds. The van der Waals surface area contributed by atoms with E-state index in [-0.39, 0.29) is 1120 Å². The van der Waals surface area contributed by atoms with Gasteiger partial charge in [-0.25, -0.2) is 0 Å². The Kier molecular flexibility index (Phi) is 6750. The Morgan fingerprint density at radius 3 is 0.0345 bits per heavy atom. The van der Waals surface area contributed by atoms with Crippen LogP contribution in [-0.2, 0) is 1020 Å². The van der Waals surface area contributed by atoms with Crippen molar-refractivity contribution in [2.75, 3.05) is 0 Å². The van der Waals surface area contributed by atoms with Gasteiger partial charge >= 0.3 is 1020 Å². The van der Waals surface area contributed by atoms with Crippen molar-refractivity contribution in [3.8, 4) is 0 Å². The minimum absolute atomic E-state index is 0. The summed E-state index contributed by atoms with van der Waals surface area (Å²) in [7, 11) is 0. The normalized spacial score (nSPS) is 0. The van der Waals surface area contributed by atoms with E-state index >= 15 is 0 Å². The first-order valence-electron chi connectivity index (χ1n) is 0. The van der Waals surface area contributed by atoms with E-state index in [1.54, 1.807) is 0 Å². The summed E-state index contributed by atoms with van der Waals surface area (Å²) in [5.41, 5.74) is 0.